The first kappa shape index (κ1) is 16.8. The lowest BCUT2D eigenvalue weighted by Gasteiger charge is -2.29. The lowest BCUT2D eigenvalue weighted by Crippen LogP contribution is -2.37. The van der Waals surface area contributed by atoms with Crippen LogP contribution in [0.3, 0.4) is 0 Å². The third-order valence-electron chi connectivity index (χ3n) is 3.79. The Balaban J connectivity index is 1.77. The standard InChI is InChI=1S/C14H17IN2O5/c15-12-9-11(17(20)21)1-2-13(12)22-8-5-10-3-6-16(7-4-10)14(18)19/h1-2,9-10H,3-8H2,(H,18,19). The Kier molecular flexibility index (Phi) is 5.81. The summed E-state index contributed by atoms with van der Waals surface area (Å²) in [5, 5.41) is 19.6. The minimum Gasteiger partial charge on any atom is -0.492 e. The highest BCUT2D eigenvalue weighted by atomic mass is 127. The molecule has 1 aromatic rings. The van der Waals surface area contributed by atoms with E-state index >= 15 is 0 Å². The first-order chi connectivity index (χ1) is 10.5. The Morgan fingerprint density at radius 2 is 2.14 bits per heavy atom. The van der Waals surface area contributed by atoms with Gasteiger partial charge in [0.25, 0.3) is 5.69 Å². The van der Waals surface area contributed by atoms with Crippen molar-refractivity contribution in [3.05, 3.63) is 31.9 Å². The summed E-state index contributed by atoms with van der Waals surface area (Å²) in [6.45, 7) is 1.69. The van der Waals surface area contributed by atoms with Gasteiger partial charge in [0, 0.05) is 25.2 Å². The molecule has 0 atom stereocenters. The lowest BCUT2D eigenvalue weighted by molar-refractivity contribution is -0.385. The fraction of sp³-hybridized carbons (Fsp3) is 0.500. The third kappa shape index (κ3) is 4.46. The maximum absolute atomic E-state index is 10.8. The smallest absolute Gasteiger partial charge is 0.407 e. The second kappa shape index (κ2) is 7.61. The molecule has 1 aliphatic heterocycles. The number of likely N-dealkylation sites (tertiary alicyclic amines) is 1. The second-order valence-electron chi connectivity index (χ2n) is 5.22. The van der Waals surface area contributed by atoms with E-state index in [1.165, 1.54) is 17.0 Å². The number of halogens is 1. The van der Waals surface area contributed by atoms with E-state index in [0.29, 0.717) is 34.9 Å². The Morgan fingerprint density at radius 1 is 1.45 bits per heavy atom. The second-order valence-corrected chi connectivity index (χ2v) is 6.38. The fourth-order valence-electron chi connectivity index (χ4n) is 2.47. The molecule has 2 rings (SSSR count). The molecule has 1 aliphatic rings. The molecule has 22 heavy (non-hydrogen) atoms. The van der Waals surface area contributed by atoms with Crippen molar-refractivity contribution in [2.45, 2.75) is 19.3 Å². The summed E-state index contributed by atoms with van der Waals surface area (Å²) in [6, 6.07) is 4.54. The molecule has 1 fully saturated rings. The summed E-state index contributed by atoms with van der Waals surface area (Å²) in [7, 11) is 0. The zero-order chi connectivity index (χ0) is 16.1. The van der Waals surface area contributed by atoms with Crippen LogP contribution in [-0.2, 0) is 0 Å². The van der Waals surface area contributed by atoms with Gasteiger partial charge in [-0.1, -0.05) is 0 Å². The van der Waals surface area contributed by atoms with E-state index in [4.69, 9.17) is 9.84 Å². The van der Waals surface area contributed by atoms with Gasteiger partial charge in [0.1, 0.15) is 5.75 Å². The first-order valence-corrected chi connectivity index (χ1v) is 8.10. The lowest BCUT2D eigenvalue weighted by atomic mass is 9.94. The number of piperidine rings is 1. The predicted molar refractivity (Wildman–Crippen MR) is 88.2 cm³/mol. The number of hydrogen-bond donors (Lipinski definition) is 1. The molecular weight excluding hydrogens is 403 g/mol. The van der Waals surface area contributed by atoms with Gasteiger partial charge in [0.15, 0.2) is 0 Å². The number of ether oxygens (including phenoxy) is 1. The van der Waals surface area contributed by atoms with E-state index in [1.54, 1.807) is 6.07 Å². The van der Waals surface area contributed by atoms with Crippen molar-refractivity contribution in [1.82, 2.24) is 4.90 Å². The number of hydrogen-bond acceptors (Lipinski definition) is 4. The normalized spacial score (nSPS) is 15.6. The molecule has 1 heterocycles. The van der Waals surface area contributed by atoms with Crippen LogP contribution >= 0.6 is 22.6 Å². The highest BCUT2D eigenvalue weighted by Crippen LogP contribution is 2.27. The van der Waals surface area contributed by atoms with Gasteiger partial charge in [-0.25, -0.2) is 4.79 Å². The number of non-ortho nitro benzene ring substituents is 1. The van der Waals surface area contributed by atoms with E-state index in [2.05, 4.69) is 0 Å². The van der Waals surface area contributed by atoms with Crippen molar-refractivity contribution >= 4 is 34.4 Å². The van der Waals surface area contributed by atoms with E-state index in [-0.39, 0.29) is 5.69 Å². The summed E-state index contributed by atoms with van der Waals surface area (Å²) < 4.78 is 6.40. The number of nitro benzene ring substituents is 1. The Labute approximate surface area is 141 Å². The van der Waals surface area contributed by atoms with Gasteiger partial charge in [-0.2, -0.15) is 0 Å². The van der Waals surface area contributed by atoms with Gasteiger partial charge >= 0.3 is 6.09 Å². The summed E-state index contributed by atoms with van der Waals surface area (Å²) in [6.07, 6.45) is 1.72. The zero-order valence-corrected chi connectivity index (χ0v) is 14.1. The third-order valence-corrected chi connectivity index (χ3v) is 4.64. The van der Waals surface area contributed by atoms with Crippen molar-refractivity contribution in [1.29, 1.82) is 0 Å². The summed E-state index contributed by atoms with van der Waals surface area (Å²) >= 11 is 2.02. The summed E-state index contributed by atoms with van der Waals surface area (Å²) in [5.74, 6) is 1.11. The van der Waals surface area contributed by atoms with Crippen LogP contribution in [0.5, 0.6) is 5.75 Å². The molecular formula is C14H17IN2O5. The zero-order valence-electron chi connectivity index (χ0n) is 11.9. The fourth-order valence-corrected chi connectivity index (χ4v) is 3.12. The molecule has 0 radical (unpaired) electrons. The monoisotopic (exact) mass is 420 g/mol. The number of carboxylic acid groups (broad SMARTS) is 1. The van der Waals surface area contributed by atoms with Crippen LogP contribution in [0.4, 0.5) is 10.5 Å². The average Bonchev–Trinajstić information content (AvgIpc) is 2.49. The van der Waals surface area contributed by atoms with E-state index in [0.717, 1.165) is 19.3 Å². The van der Waals surface area contributed by atoms with Crippen molar-refractivity contribution in [2.75, 3.05) is 19.7 Å². The van der Waals surface area contributed by atoms with Crippen LogP contribution in [-0.4, -0.2) is 40.7 Å². The molecule has 0 saturated carbocycles. The quantitative estimate of drug-likeness (QED) is 0.448. The number of nitro groups is 1. The molecule has 1 N–H and O–H groups in total. The summed E-state index contributed by atoms with van der Waals surface area (Å²) in [5.41, 5.74) is 0.0535. The van der Waals surface area contributed by atoms with Gasteiger partial charge in [-0.3, -0.25) is 10.1 Å². The van der Waals surface area contributed by atoms with Crippen LogP contribution in [0, 0.1) is 19.6 Å². The van der Waals surface area contributed by atoms with Crippen LogP contribution in [0.15, 0.2) is 18.2 Å². The number of benzene rings is 1. The SMILES string of the molecule is O=C(O)N1CCC(CCOc2ccc([N+](=O)[O-])cc2I)CC1. The highest BCUT2D eigenvalue weighted by molar-refractivity contribution is 14.1. The molecule has 0 unspecified atom stereocenters. The number of carbonyl (C=O) groups is 1. The van der Waals surface area contributed by atoms with E-state index < -0.39 is 11.0 Å². The van der Waals surface area contributed by atoms with Crippen LogP contribution < -0.4 is 4.74 Å². The Hall–Kier alpha value is -1.58. The first-order valence-electron chi connectivity index (χ1n) is 7.02. The molecule has 7 nitrogen and oxygen atoms in total. The van der Waals surface area contributed by atoms with Crippen molar-refractivity contribution in [2.24, 2.45) is 5.92 Å². The van der Waals surface area contributed by atoms with E-state index in [1.807, 2.05) is 22.6 Å². The van der Waals surface area contributed by atoms with Gasteiger partial charge < -0.3 is 14.7 Å². The molecule has 1 amide bonds. The Bertz CT molecular complexity index is 558. The van der Waals surface area contributed by atoms with Gasteiger partial charge in [-0.15, -0.1) is 0 Å². The van der Waals surface area contributed by atoms with Crippen LogP contribution in [0.2, 0.25) is 0 Å². The molecule has 0 aromatic heterocycles. The van der Waals surface area contributed by atoms with Gasteiger partial charge in [-0.05, 0) is 53.8 Å². The topological polar surface area (TPSA) is 92.9 Å². The van der Waals surface area contributed by atoms with Crippen molar-refractivity contribution in [3.63, 3.8) is 0 Å². The largest absolute Gasteiger partial charge is 0.492 e. The minimum atomic E-state index is -0.852. The molecule has 8 heteroatoms. The van der Waals surface area contributed by atoms with Crippen molar-refractivity contribution < 1.29 is 19.6 Å². The molecule has 1 aromatic carbocycles. The number of amides is 1. The van der Waals surface area contributed by atoms with E-state index in [9.17, 15) is 14.9 Å². The predicted octanol–water partition coefficient (Wildman–Crippen LogP) is 3.36. The Morgan fingerprint density at radius 3 is 2.68 bits per heavy atom. The van der Waals surface area contributed by atoms with Gasteiger partial charge in [0.2, 0.25) is 0 Å². The molecule has 0 aliphatic carbocycles. The summed E-state index contributed by atoms with van der Waals surface area (Å²) in [4.78, 5) is 22.5. The number of rotatable bonds is 5. The maximum Gasteiger partial charge on any atom is 0.407 e. The minimum absolute atomic E-state index is 0.0535. The molecule has 0 spiro atoms. The average molecular weight is 420 g/mol. The van der Waals surface area contributed by atoms with Crippen molar-refractivity contribution in [3.8, 4) is 5.75 Å². The molecule has 120 valence electrons. The maximum atomic E-state index is 10.8. The molecule has 0 bridgehead atoms. The van der Waals surface area contributed by atoms with Crippen LogP contribution in [0.25, 0.3) is 0 Å². The van der Waals surface area contributed by atoms with Gasteiger partial charge in [0.05, 0.1) is 15.1 Å². The highest BCUT2D eigenvalue weighted by Gasteiger charge is 2.22. The number of nitrogens with zero attached hydrogens (tertiary/aromatic N) is 2. The van der Waals surface area contributed by atoms with Crippen LogP contribution in [0.1, 0.15) is 19.3 Å². The molecule has 1 saturated heterocycles.